The maximum Gasteiger partial charge on any atom is 0.0552 e. The number of halogens is 2. The number of hydrogen-bond donors (Lipinski definition) is 1. The molecule has 0 radical (unpaired) electrons. The van der Waals surface area contributed by atoms with Gasteiger partial charge in [-0.25, -0.2) is 0 Å². The van der Waals surface area contributed by atoms with Crippen molar-refractivity contribution in [1.29, 1.82) is 0 Å². The summed E-state index contributed by atoms with van der Waals surface area (Å²) in [5.41, 5.74) is 8.29. The molecule has 3 aromatic carbocycles. The Morgan fingerprint density at radius 2 is 1.35 bits per heavy atom. The molecule has 0 fully saturated rings. The molecule has 0 heterocycles. The smallest absolute Gasteiger partial charge is 0.0552 e. The lowest BCUT2D eigenvalue weighted by molar-refractivity contribution is 0.873. The van der Waals surface area contributed by atoms with Crippen molar-refractivity contribution in [2.75, 3.05) is 0 Å². The molecule has 3 aromatic rings. The lowest BCUT2D eigenvalue weighted by atomic mass is 9.97. The number of rotatable bonds is 2. The van der Waals surface area contributed by atoms with Crippen LogP contribution in [0, 0.1) is 0 Å². The molecule has 2 N–H and O–H groups in total. The average Bonchev–Trinajstić information content (AvgIpc) is 2.45. The van der Waals surface area contributed by atoms with Crippen molar-refractivity contribution >= 4 is 34.0 Å². The molecule has 0 aromatic heterocycles. The molecule has 100 valence electrons. The van der Waals surface area contributed by atoms with Gasteiger partial charge in [-0.05, 0) is 46.2 Å². The summed E-state index contributed by atoms with van der Waals surface area (Å²) in [6.07, 6.45) is 0. The minimum absolute atomic E-state index is 0.240. The molecular weight excluding hydrogens is 289 g/mol. The van der Waals surface area contributed by atoms with Crippen molar-refractivity contribution < 1.29 is 0 Å². The summed E-state index contributed by atoms with van der Waals surface area (Å²) in [7, 11) is 0. The zero-order valence-corrected chi connectivity index (χ0v) is 12.2. The minimum atomic E-state index is -0.240. The van der Waals surface area contributed by atoms with Gasteiger partial charge in [0, 0.05) is 10.0 Å². The summed E-state index contributed by atoms with van der Waals surface area (Å²) < 4.78 is 0. The standard InChI is InChI=1S/C17H13Cl2N/c18-15-8-14(9-16(19)10-15)17(20)13-6-5-11-3-1-2-4-12(11)7-13/h1-10,17H,20H2. The Labute approximate surface area is 127 Å². The van der Waals surface area contributed by atoms with E-state index in [0.717, 1.165) is 11.1 Å². The zero-order valence-electron chi connectivity index (χ0n) is 10.7. The van der Waals surface area contributed by atoms with Crippen molar-refractivity contribution in [2.24, 2.45) is 5.73 Å². The van der Waals surface area contributed by atoms with Crippen molar-refractivity contribution in [1.82, 2.24) is 0 Å². The summed E-state index contributed by atoms with van der Waals surface area (Å²) in [4.78, 5) is 0. The lowest BCUT2D eigenvalue weighted by Gasteiger charge is -2.14. The monoisotopic (exact) mass is 301 g/mol. The molecule has 0 saturated heterocycles. The van der Waals surface area contributed by atoms with Crippen LogP contribution in [0.25, 0.3) is 10.8 Å². The SMILES string of the molecule is NC(c1cc(Cl)cc(Cl)c1)c1ccc2ccccc2c1. The number of benzene rings is 3. The van der Waals surface area contributed by atoms with Gasteiger partial charge in [0.2, 0.25) is 0 Å². The van der Waals surface area contributed by atoms with Gasteiger partial charge in [-0.3, -0.25) is 0 Å². The molecule has 0 aliphatic rings. The van der Waals surface area contributed by atoms with Crippen LogP contribution in [0.3, 0.4) is 0 Å². The van der Waals surface area contributed by atoms with Gasteiger partial charge < -0.3 is 5.73 Å². The molecule has 3 heteroatoms. The first kappa shape index (κ1) is 13.4. The molecule has 0 saturated carbocycles. The van der Waals surface area contributed by atoms with Crippen LogP contribution in [0.1, 0.15) is 17.2 Å². The first-order chi connectivity index (χ1) is 9.63. The second-order valence-corrected chi connectivity index (χ2v) is 5.66. The summed E-state index contributed by atoms with van der Waals surface area (Å²) in [6, 6.07) is 19.6. The van der Waals surface area contributed by atoms with Crippen molar-refractivity contribution in [2.45, 2.75) is 6.04 Å². The van der Waals surface area contributed by atoms with Crippen LogP contribution in [0.15, 0.2) is 60.7 Å². The van der Waals surface area contributed by atoms with Gasteiger partial charge in [0.05, 0.1) is 6.04 Å². The fourth-order valence-corrected chi connectivity index (χ4v) is 2.89. The van der Waals surface area contributed by atoms with Crippen LogP contribution in [-0.4, -0.2) is 0 Å². The topological polar surface area (TPSA) is 26.0 Å². The molecule has 1 unspecified atom stereocenters. The maximum absolute atomic E-state index is 6.33. The molecular formula is C17H13Cl2N. The molecule has 0 amide bonds. The predicted octanol–water partition coefficient (Wildman–Crippen LogP) is 5.19. The highest BCUT2D eigenvalue weighted by Crippen LogP contribution is 2.28. The highest BCUT2D eigenvalue weighted by molar-refractivity contribution is 6.34. The first-order valence-corrected chi connectivity index (χ1v) is 7.09. The third kappa shape index (κ3) is 2.66. The number of hydrogen-bond acceptors (Lipinski definition) is 1. The van der Waals surface area contributed by atoms with Gasteiger partial charge in [-0.15, -0.1) is 0 Å². The van der Waals surface area contributed by atoms with E-state index >= 15 is 0 Å². The van der Waals surface area contributed by atoms with E-state index in [9.17, 15) is 0 Å². The fraction of sp³-hybridized carbons (Fsp3) is 0.0588. The molecule has 0 bridgehead atoms. The van der Waals surface area contributed by atoms with E-state index in [1.165, 1.54) is 10.8 Å². The molecule has 0 aliphatic carbocycles. The van der Waals surface area contributed by atoms with Crippen LogP contribution >= 0.6 is 23.2 Å². The third-order valence-corrected chi connectivity index (χ3v) is 3.81. The maximum atomic E-state index is 6.33. The van der Waals surface area contributed by atoms with E-state index in [1.807, 2.05) is 30.3 Å². The highest BCUT2D eigenvalue weighted by atomic mass is 35.5. The Kier molecular flexibility index (Phi) is 3.66. The Hall–Kier alpha value is -1.54. The van der Waals surface area contributed by atoms with Gasteiger partial charge in [0.15, 0.2) is 0 Å². The predicted molar refractivity (Wildman–Crippen MR) is 86.4 cm³/mol. The fourth-order valence-electron chi connectivity index (χ4n) is 2.35. The molecule has 3 rings (SSSR count). The Balaban J connectivity index is 2.05. The van der Waals surface area contributed by atoms with Gasteiger partial charge in [0.1, 0.15) is 0 Å². The van der Waals surface area contributed by atoms with Gasteiger partial charge in [-0.2, -0.15) is 0 Å². The lowest BCUT2D eigenvalue weighted by Crippen LogP contribution is -2.11. The largest absolute Gasteiger partial charge is 0.320 e. The molecule has 0 spiro atoms. The van der Waals surface area contributed by atoms with Crippen molar-refractivity contribution in [3.8, 4) is 0 Å². The zero-order chi connectivity index (χ0) is 14.1. The third-order valence-electron chi connectivity index (χ3n) is 3.38. The minimum Gasteiger partial charge on any atom is -0.320 e. The second-order valence-electron chi connectivity index (χ2n) is 4.79. The number of nitrogens with two attached hydrogens (primary N) is 1. The highest BCUT2D eigenvalue weighted by Gasteiger charge is 2.11. The van der Waals surface area contributed by atoms with E-state index in [2.05, 4.69) is 24.3 Å². The van der Waals surface area contributed by atoms with E-state index in [1.54, 1.807) is 6.07 Å². The van der Waals surface area contributed by atoms with Crippen molar-refractivity contribution in [3.05, 3.63) is 81.8 Å². The Bertz CT molecular complexity index is 748. The van der Waals surface area contributed by atoms with E-state index in [4.69, 9.17) is 28.9 Å². The quantitative estimate of drug-likeness (QED) is 0.692. The average molecular weight is 302 g/mol. The van der Waals surface area contributed by atoms with Gasteiger partial charge in [0.25, 0.3) is 0 Å². The summed E-state index contributed by atoms with van der Waals surface area (Å²) >= 11 is 12.1. The van der Waals surface area contributed by atoms with Crippen LogP contribution in [-0.2, 0) is 0 Å². The van der Waals surface area contributed by atoms with Crippen LogP contribution in [0.4, 0.5) is 0 Å². The van der Waals surface area contributed by atoms with Gasteiger partial charge in [-0.1, -0.05) is 59.6 Å². The van der Waals surface area contributed by atoms with E-state index in [-0.39, 0.29) is 6.04 Å². The van der Waals surface area contributed by atoms with E-state index in [0.29, 0.717) is 10.0 Å². The summed E-state index contributed by atoms with van der Waals surface area (Å²) in [5, 5.41) is 3.58. The Morgan fingerprint density at radius 1 is 0.700 bits per heavy atom. The van der Waals surface area contributed by atoms with Gasteiger partial charge >= 0.3 is 0 Å². The first-order valence-electron chi connectivity index (χ1n) is 6.34. The van der Waals surface area contributed by atoms with Crippen LogP contribution in [0.2, 0.25) is 10.0 Å². The van der Waals surface area contributed by atoms with Crippen LogP contribution in [0.5, 0.6) is 0 Å². The molecule has 0 aliphatic heterocycles. The molecule has 20 heavy (non-hydrogen) atoms. The van der Waals surface area contributed by atoms with E-state index < -0.39 is 0 Å². The van der Waals surface area contributed by atoms with Crippen molar-refractivity contribution in [3.63, 3.8) is 0 Å². The Morgan fingerprint density at radius 3 is 2.05 bits per heavy atom. The molecule has 1 atom stereocenters. The van der Waals surface area contributed by atoms with Crippen LogP contribution < -0.4 is 5.73 Å². The summed E-state index contributed by atoms with van der Waals surface area (Å²) in [5.74, 6) is 0. The summed E-state index contributed by atoms with van der Waals surface area (Å²) in [6.45, 7) is 0. The normalized spacial score (nSPS) is 12.6. The second kappa shape index (κ2) is 5.45. The molecule has 1 nitrogen and oxygen atoms in total. The number of fused-ring (bicyclic) bond motifs is 1.